The van der Waals surface area contributed by atoms with Crippen molar-refractivity contribution in [2.24, 2.45) is 0 Å². The Labute approximate surface area is 508 Å². The Morgan fingerprint density at radius 2 is 0.483 bits per heavy atom. The molecule has 6 heteroatoms. The summed E-state index contributed by atoms with van der Waals surface area (Å²) in [5.74, 6) is 0. The maximum absolute atomic E-state index is 3.36. The number of hydrogen-bond donors (Lipinski definition) is 0. The van der Waals surface area contributed by atoms with Crippen molar-refractivity contribution in [3.63, 3.8) is 0 Å². The summed E-state index contributed by atoms with van der Waals surface area (Å²) >= 11 is 0. The molecular formula is C54H30Y6-12. The van der Waals surface area contributed by atoms with Gasteiger partial charge in [0.1, 0.15) is 0 Å². The minimum atomic E-state index is 0. The normalized spacial score (nSPS) is 9.20. The summed E-state index contributed by atoms with van der Waals surface area (Å²) in [6.45, 7) is 0. The minimum absolute atomic E-state index is 0. The van der Waals surface area contributed by atoms with Crippen molar-refractivity contribution in [1.82, 2.24) is 0 Å². The van der Waals surface area contributed by atoms with E-state index in [2.05, 4.69) is 72.8 Å². The fourth-order valence-electron chi connectivity index (χ4n) is 5.67. The van der Waals surface area contributed by atoms with Gasteiger partial charge in [0, 0.05) is 196 Å². The first kappa shape index (κ1) is 57.6. The van der Waals surface area contributed by atoms with Crippen LogP contribution in [-0.2, 0) is 196 Å². The fraction of sp³-hybridized carbons (Fsp3) is 0. The second-order valence-electron chi connectivity index (χ2n) is 11.8. The molecule has 9 aromatic carbocycles. The Morgan fingerprint density at radius 1 is 0.200 bits per heavy atom. The maximum atomic E-state index is 3.36. The molecule has 0 nitrogen and oxygen atoms in total. The van der Waals surface area contributed by atoms with Crippen LogP contribution in [0, 0.1) is 72.8 Å². The van der Waals surface area contributed by atoms with Gasteiger partial charge in [-0.2, -0.15) is 115 Å². The van der Waals surface area contributed by atoms with E-state index in [1.54, 1.807) is 0 Å². The summed E-state index contributed by atoms with van der Waals surface area (Å²) in [4.78, 5) is 0. The first-order chi connectivity index (χ1) is 26.8. The topological polar surface area (TPSA) is 0 Å². The quantitative estimate of drug-likeness (QED) is 0.146. The molecule has 0 bridgehead atoms. The third kappa shape index (κ3) is 17.2. The van der Waals surface area contributed by atoms with Crippen molar-refractivity contribution in [1.29, 1.82) is 0 Å². The molecule has 0 amide bonds. The van der Waals surface area contributed by atoms with Gasteiger partial charge < -0.3 is 23.3 Å². The summed E-state index contributed by atoms with van der Waals surface area (Å²) in [6, 6.07) is 97.8. The van der Waals surface area contributed by atoms with E-state index in [4.69, 9.17) is 0 Å². The average Bonchev–Trinajstić information content (AvgIpc) is 3.29. The average molecular weight is 1210 g/mol. The van der Waals surface area contributed by atoms with Gasteiger partial charge in [0.2, 0.25) is 0 Å². The van der Waals surface area contributed by atoms with E-state index >= 15 is 0 Å². The molecule has 0 unspecified atom stereocenters. The molecule has 0 fully saturated rings. The Bertz CT molecular complexity index is 2170. The largest absolute Gasteiger partial charge is 0.379 e. The fourth-order valence-corrected chi connectivity index (χ4v) is 5.67. The van der Waals surface area contributed by atoms with Gasteiger partial charge in [0.15, 0.2) is 0 Å². The van der Waals surface area contributed by atoms with Gasteiger partial charge >= 0.3 is 0 Å². The third-order valence-corrected chi connectivity index (χ3v) is 8.21. The molecule has 0 aliphatic rings. The predicted octanol–water partition coefficient (Wildman–Crippen LogP) is 12.6. The monoisotopic (exact) mass is 1210 g/mol. The van der Waals surface area contributed by atoms with Crippen LogP contribution < -0.4 is 0 Å². The van der Waals surface area contributed by atoms with Gasteiger partial charge in [-0.3, -0.25) is 17.7 Å². The maximum Gasteiger partial charge on any atom is 0 e. The number of rotatable bonds is 6. The Hall–Kier alpha value is -0.397. The van der Waals surface area contributed by atoms with Gasteiger partial charge in [0.25, 0.3) is 0 Å². The zero-order chi connectivity index (χ0) is 36.6. The molecule has 9 aromatic rings. The summed E-state index contributed by atoms with van der Waals surface area (Å²) in [6.07, 6.45) is 0. The Balaban J connectivity index is 0.000000429. The molecule has 0 aliphatic carbocycles. The van der Waals surface area contributed by atoms with E-state index in [1.165, 1.54) is 0 Å². The number of benzene rings is 9. The van der Waals surface area contributed by atoms with Gasteiger partial charge in [-0.05, 0) is 0 Å². The first-order valence-electron chi connectivity index (χ1n) is 17.4. The molecule has 0 saturated carbocycles. The Kier molecular flexibility index (Phi) is 31.0. The molecular weight excluding hydrogens is 1180 g/mol. The molecule has 0 atom stereocenters. The molecule has 276 valence electrons. The van der Waals surface area contributed by atoms with E-state index < -0.39 is 0 Å². The van der Waals surface area contributed by atoms with Gasteiger partial charge in [-0.1, -0.05) is 0 Å². The molecule has 0 heterocycles. The van der Waals surface area contributed by atoms with E-state index in [1.807, 2.05) is 182 Å². The van der Waals surface area contributed by atoms with E-state index in [-0.39, 0.29) is 196 Å². The van der Waals surface area contributed by atoms with E-state index in [9.17, 15) is 0 Å². The molecule has 0 N–H and O–H groups in total. The Morgan fingerprint density at radius 3 is 0.767 bits per heavy atom. The van der Waals surface area contributed by atoms with E-state index in [0.29, 0.717) is 0 Å². The zero-order valence-corrected chi connectivity index (χ0v) is 49.8. The second-order valence-corrected chi connectivity index (χ2v) is 11.8. The second kappa shape index (κ2) is 32.3. The summed E-state index contributed by atoms with van der Waals surface area (Å²) < 4.78 is 0. The van der Waals surface area contributed by atoms with Crippen LogP contribution in [0.15, 0.2) is 182 Å². The van der Waals surface area contributed by atoms with Crippen LogP contribution in [0.4, 0.5) is 0 Å². The van der Waals surface area contributed by atoms with Crippen LogP contribution in [0.1, 0.15) is 0 Å². The summed E-state index contributed by atoms with van der Waals surface area (Å²) in [7, 11) is 0. The molecule has 0 saturated heterocycles. The van der Waals surface area contributed by atoms with Crippen LogP contribution in [0.5, 0.6) is 0 Å². The molecule has 60 heavy (non-hydrogen) atoms. The molecule has 6 radical (unpaired) electrons. The third-order valence-electron chi connectivity index (χ3n) is 8.21. The van der Waals surface area contributed by atoms with Gasteiger partial charge in [0.05, 0.1) is 0 Å². The van der Waals surface area contributed by atoms with Crippen molar-refractivity contribution >= 4 is 0 Å². The van der Waals surface area contributed by atoms with E-state index in [0.717, 1.165) is 66.8 Å². The standard InChI is InChI=1S/3C18H10.6Y/c2*1-3-9-15(10-4-1)17-13-7-8-14-18(17)16-11-5-2-6-12-16;1-3-8-15(9-4-1)17-12-7-13-18(14-17)16-10-5-2-6-11-16;;;;;;/h2*1-9,11H;1-8,10,12H;;;;;;/q3*-4;;;;;;. The van der Waals surface area contributed by atoms with Gasteiger partial charge in [-0.15, -0.1) is 60.7 Å². The first-order valence-corrected chi connectivity index (χ1v) is 17.4. The van der Waals surface area contributed by atoms with Crippen molar-refractivity contribution < 1.29 is 196 Å². The minimum Gasteiger partial charge on any atom is -0.379 e. The summed E-state index contributed by atoms with van der Waals surface area (Å²) in [5, 5.41) is 0. The molecule has 0 spiro atoms. The van der Waals surface area contributed by atoms with Gasteiger partial charge in [-0.25, -0.2) is 105 Å². The zero-order valence-electron chi connectivity index (χ0n) is 32.8. The molecule has 0 aromatic heterocycles. The van der Waals surface area contributed by atoms with Crippen LogP contribution in [0.2, 0.25) is 0 Å². The van der Waals surface area contributed by atoms with Crippen molar-refractivity contribution in [3.05, 3.63) is 255 Å². The summed E-state index contributed by atoms with van der Waals surface area (Å²) in [5.41, 5.74) is 12.2. The van der Waals surface area contributed by atoms with Crippen LogP contribution in [-0.4, -0.2) is 0 Å². The SMILES string of the molecule is [Y].[Y].[Y].[Y].[Y].[Y].[c-]1ccc(-c2[c-]cccc2)[c-]c1-c1[c-]cccc1.[c-]1ccccc1-c1[c-]cc[c-]c1-c1[c-]cccc1.[c-]1ccccc1-c1[c-]cc[c-]c1-c1[c-]cccc1. The van der Waals surface area contributed by atoms with Crippen LogP contribution >= 0.6 is 0 Å². The molecule has 9 rings (SSSR count). The van der Waals surface area contributed by atoms with Crippen LogP contribution in [0.25, 0.3) is 66.8 Å². The smallest absolute Gasteiger partial charge is 0 e. The number of hydrogen-bond acceptors (Lipinski definition) is 0. The molecule has 0 aliphatic heterocycles. The van der Waals surface area contributed by atoms with Crippen molar-refractivity contribution in [2.75, 3.05) is 0 Å². The van der Waals surface area contributed by atoms with Crippen LogP contribution in [0.3, 0.4) is 0 Å². The van der Waals surface area contributed by atoms with Crippen molar-refractivity contribution in [3.8, 4) is 66.8 Å². The van der Waals surface area contributed by atoms with Crippen molar-refractivity contribution in [2.45, 2.75) is 0 Å². The predicted molar refractivity (Wildman–Crippen MR) is 218 cm³/mol.